The first kappa shape index (κ1) is 8.47. The standard InChI is InChI=1S/C9H15NO/c1-3-9(11)8-4-7(2)5-10-6-8/h3,7-8,10H,1,4-6H2,2H3. The van der Waals surface area contributed by atoms with Crippen molar-refractivity contribution in [1.29, 1.82) is 0 Å². The minimum absolute atomic E-state index is 0.177. The van der Waals surface area contributed by atoms with Crippen LogP contribution in [0.4, 0.5) is 0 Å². The maximum absolute atomic E-state index is 11.2. The lowest BCUT2D eigenvalue weighted by Gasteiger charge is -2.25. The van der Waals surface area contributed by atoms with Crippen molar-refractivity contribution >= 4 is 5.78 Å². The molecule has 1 heterocycles. The molecule has 1 rings (SSSR count). The van der Waals surface area contributed by atoms with E-state index in [1.807, 2.05) is 0 Å². The van der Waals surface area contributed by atoms with Gasteiger partial charge in [-0.25, -0.2) is 0 Å². The summed E-state index contributed by atoms with van der Waals surface area (Å²) in [5, 5.41) is 3.23. The Morgan fingerprint density at radius 2 is 2.36 bits per heavy atom. The summed E-state index contributed by atoms with van der Waals surface area (Å²) in [6.07, 6.45) is 2.45. The van der Waals surface area contributed by atoms with Crippen molar-refractivity contribution in [2.24, 2.45) is 11.8 Å². The predicted molar refractivity (Wildman–Crippen MR) is 45.3 cm³/mol. The van der Waals surface area contributed by atoms with Crippen molar-refractivity contribution in [3.8, 4) is 0 Å². The monoisotopic (exact) mass is 153 g/mol. The van der Waals surface area contributed by atoms with E-state index in [9.17, 15) is 4.79 Å². The zero-order valence-electron chi connectivity index (χ0n) is 6.97. The van der Waals surface area contributed by atoms with Gasteiger partial charge in [0.15, 0.2) is 5.78 Å². The number of allylic oxidation sites excluding steroid dienone is 1. The first-order chi connectivity index (χ1) is 5.24. The lowest BCUT2D eigenvalue weighted by Crippen LogP contribution is -2.38. The van der Waals surface area contributed by atoms with E-state index in [4.69, 9.17) is 0 Å². The van der Waals surface area contributed by atoms with E-state index in [0.29, 0.717) is 5.92 Å². The Bertz CT molecular complexity index is 165. The SMILES string of the molecule is C=CC(=O)C1CNCC(C)C1. The average Bonchev–Trinajstić information content (AvgIpc) is 2.03. The molecule has 62 valence electrons. The molecule has 1 saturated heterocycles. The number of ketones is 1. The Labute approximate surface area is 67.7 Å². The minimum atomic E-state index is 0.177. The van der Waals surface area contributed by atoms with Gasteiger partial charge in [-0.1, -0.05) is 13.5 Å². The Kier molecular flexibility index (Phi) is 2.83. The molecule has 0 amide bonds. The summed E-state index contributed by atoms with van der Waals surface area (Å²) in [6.45, 7) is 7.52. The molecule has 0 aromatic heterocycles. The summed E-state index contributed by atoms with van der Waals surface area (Å²) in [6, 6.07) is 0. The number of piperidine rings is 1. The van der Waals surface area contributed by atoms with Crippen LogP contribution >= 0.6 is 0 Å². The fraction of sp³-hybridized carbons (Fsp3) is 0.667. The van der Waals surface area contributed by atoms with Crippen LogP contribution in [-0.4, -0.2) is 18.9 Å². The molecule has 0 saturated carbocycles. The van der Waals surface area contributed by atoms with Crippen LogP contribution in [0.3, 0.4) is 0 Å². The second kappa shape index (κ2) is 3.67. The van der Waals surface area contributed by atoms with E-state index in [2.05, 4.69) is 18.8 Å². The van der Waals surface area contributed by atoms with Crippen LogP contribution in [0, 0.1) is 11.8 Å². The molecule has 2 unspecified atom stereocenters. The first-order valence-corrected chi connectivity index (χ1v) is 4.11. The highest BCUT2D eigenvalue weighted by Crippen LogP contribution is 2.16. The third kappa shape index (κ3) is 2.15. The van der Waals surface area contributed by atoms with Gasteiger partial charge in [-0.2, -0.15) is 0 Å². The Morgan fingerprint density at radius 3 is 2.91 bits per heavy atom. The summed E-state index contributed by atoms with van der Waals surface area (Å²) < 4.78 is 0. The van der Waals surface area contributed by atoms with E-state index in [0.717, 1.165) is 19.5 Å². The smallest absolute Gasteiger partial charge is 0.159 e. The molecule has 0 aromatic carbocycles. The lowest BCUT2D eigenvalue weighted by atomic mass is 9.89. The van der Waals surface area contributed by atoms with Gasteiger partial charge in [0.05, 0.1) is 0 Å². The van der Waals surface area contributed by atoms with Crippen molar-refractivity contribution in [2.45, 2.75) is 13.3 Å². The van der Waals surface area contributed by atoms with Crippen LogP contribution in [0.5, 0.6) is 0 Å². The van der Waals surface area contributed by atoms with Crippen molar-refractivity contribution in [3.05, 3.63) is 12.7 Å². The van der Waals surface area contributed by atoms with Crippen LogP contribution < -0.4 is 5.32 Å². The molecule has 0 radical (unpaired) electrons. The van der Waals surface area contributed by atoms with Crippen molar-refractivity contribution < 1.29 is 4.79 Å². The quantitative estimate of drug-likeness (QED) is 0.599. The maximum atomic E-state index is 11.2. The Hall–Kier alpha value is -0.630. The molecule has 2 heteroatoms. The van der Waals surface area contributed by atoms with Gasteiger partial charge in [-0.05, 0) is 25.0 Å². The van der Waals surface area contributed by atoms with Crippen LogP contribution in [0.1, 0.15) is 13.3 Å². The Balaban J connectivity index is 2.45. The number of nitrogens with one attached hydrogen (secondary N) is 1. The molecule has 1 aliphatic heterocycles. The largest absolute Gasteiger partial charge is 0.316 e. The van der Waals surface area contributed by atoms with Gasteiger partial charge in [-0.15, -0.1) is 0 Å². The van der Waals surface area contributed by atoms with Crippen LogP contribution in [0.25, 0.3) is 0 Å². The number of carbonyl (C=O) groups is 1. The van der Waals surface area contributed by atoms with Crippen LogP contribution in [0.2, 0.25) is 0 Å². The van der Waals surface area contributed by atoms with Gasteiger partial charge >= 0.3 is 0 Å². The number of hydrogen-bond donors (Lipinski definition) is 1. The van der Waals surface area contributed by atoms with Gasteiger partial charge in [0.25, 0.3) is 0 Å². The van der Waals surface area contributed by atoms with Gasteiger partial charge in [-0.3, -0.25) is 4.79 Å². The van der Waals surface area contributed by atoms with Crippen LogP contribution in [-0.2, 0) is 4.79 Å². The molecule has 11 heavy (non-hydrogen) atoms. The molecule has 0 bridgehead atoms. The van der Waals surface area contributed by atoms with Crippen molar-refractivity contribution in [2.75, 3.05) is 13.1 Å². The molecule has 1 aliphatic rings. The van der Waals surface area contributed by atoms with E-state index in [1.54, 1.807) is 0 Å². The molecule has 2 nitrogen and oxygen atoms in total. The topological polar surface area (TPSA) is 29.1 Å². The molecule has 0 aliphatic carbocycles. The van der Waals surface area contributed by atoms with Crippen molar-refractivity contribution in [3.63, 3.8) is 0 Å². The zero-order valence-corrected chi connectivity index (χ0v) is 6.97. The maximum Gasteiger partial charge on any atom is 0.159 e. The summed E-state index contributed by atoms with van der Waals surface area (Å²) in [7, 11) is 0. The predicted octanol–water partition coefficient (Wildman–Crippen LogP) is 0.987. The highest BCUT2D eigenvalue weighted by atomic mass is 16.1. The molecule has 0 spiro atoms. The van der Waals surface area contributed by atoms with E-state index in [-0.39, 0.29) is 11.7 Å². The third-order valence-electron chi connectivity index (χ3n) is 2.17. The fourth-order valence-corrected chi connectivity index (χ4v) is 1.54. The lowest BCUT2D eigenvalue weighted by molar-refractivity contribution is -0.119. The molecule has 1 N–H and O–H groups in total. The minimum Gasteiger partial charge on any atom is -0.316 e. The first-order valence-electron chi connectivity index (χ1n) is 4.11. The highest BCUT2D eigenvalue weighted by molar-refractivity contribution is 5.91. The molecule has 1 fully saturated rings. The third-order valence-corrected chi connectivity index (χ3v) is 2.17. The number of carbonyl (C=O) groups excluding carboxylic acids is 1. The Morgan fingerprint density at radius 1 is 1.64 bits per heavy atom. The number of hydrogen-bond acceptors (Lipinski definition) is 2. The average molecular weight is 153 g/mol. The molecular weight excluding hydrogens is 138 g/mol. The summed E-state index contributed by atoms with van der Waals surface area (Å²) in [5.41, 5.74) is 0. The van der Waals surface area contributed by atoms with Gasteiger partial charge in [0, 0.05) is 12.5 Å². The van der Waals surface area contributed by atoms with Gasteiger partial charge in [0.1, 0.15) is 0 Å². The second-order valence-corrected chi connectivity index (χ2v) is 3.30. The fourth-order valence-electron chi connectivity index (χ4n) is 1.54. The van der Waals surface area contributed by atoms with Crippen LogP contribution in [0.15, 0.2) is 12.7 Å². The molecule has 0 aromatic rings. The second-order valence-electron chi connectivity index (χ2n) is 3.30. The highest BCUT2D eigenvalue weighted by Gasteiger charge is 2.22. The summed E-state index contributed by atoms with van der Waals surface area (Å²) >= 11 is 0. The van der Waals surface area contributed by atoms with Crippen molar-refractivity contribution in [1.82, 2.24) is 5.32 Å². The summed E-state index contributed by atoms with van der Waals surface area (Å²) in [4.78, 5) is 11.2. The summed E-state index contributed by atoms with van der Waals surface area (Å²) in [5.74, 6) is 0.984. The molecule has 2 atom stereocenters. The van der Waals surface area contributed by atoms with E-state index < -0.39 is 0 Å². The zero-order chi connectivity index (χ0) is 8.27. The van der Waals surface area contributed by atoms with E-state index in [1.165, 1.54) is 6.08 Å². The molecular formula is C9H15NO. The van der Waals surface area contributed by atoms with Gasteiger partial charge in [0.2, 0.25) is 0 Å². The normalized spacial score (nSPS) is 31.4. The number of rotatable bonds is 2. The van der Waals surface area contributed by atoms with Gasteiger partial charge < -0.3 is 5.32 Å². The van der Waals surface area contributed by atoms with E-state index >= 15 is 0 Å².